The Morgan fingerprint density at radius 2 is 0.646 bits per heavy atom. The number of hydrogen-bond acceptors (Lipinski definition) is 4. The second-order valence-corrected chi connectivity index (χ2v) is 16.8. The van der Waals surface area contributed by atoms with Gasteiger partial charge in [-0.25, -0.2) is 0 Å². The minimum absolute atomic E-state index is 0.212. The first-order valence-electron chi connectivity index (χ1n) is 22.2. The molecule has 2 heterocycles. The summed E-state index contributed by atoms with van der Waals surface area (Å²) in [5.41, 5.74) is 11.8. The van der Waals surface area contributed by atoms with Crippen LogP contribution >= 0.6 is 0 Å². The van der Waals surface area contributed by atoms with Crippen LogP contribution in [0.2, 0.25) is 0 Å². The standard InChI is InChI=1S/C60H39BN2O2/c1-5-22-42(23-6-1)62(43-24-7-2-8-25-43)52-38-56-58(50-33-17-15-31-48(50)52)61-59-51-34-18-16-32-49(51)53(63(44-26-9-3-10-27-44)45-28-11-4-12-29-45)39-57(59)65-55-37-41(36-54(64-56)60(55)61)47-35-19-21-40-20-13-14-30-46(40)47/h1-39H. The maximum absolute atomic E-state index is 7.36. The number of rotatable bonds is 7. The number of para-hydroxylation sites is 4. The van der Waals surface area contributed by atoms with Crippen molar-refractivity contribution in [2.45, 2.75) is 0 Å². The normalized spacial score (nSPS) is 12.2. The van der Waals surface area contributed by atoms with Gasteiger partial charge in [0.2, 0.25) is 0 Å². The SMILES string of the molecule is c1ccc(N(c2ccccc2)c2cc3c(c4ccccc24)B2c4c(cc(-c5cccc6ccccc56)cc4Oc4cc(N(c5ccccc5)c5ccccc5)c5ccccc5c42)O3)cc1. The molecule has 0 amide bonds. The first-order valence-corrected chi connectivity index (χ1v) is 22.2. The second kappa shape index (κ2) is 15.1. The molecule has 0 spiro atoms. The van der Waals surface area contributed by atoms with E-state index in [1.807, 2.05) is 0 Å². The number of fused-ring (bicyclic) bond motifs is 9. The van der Waals surface area contributed by atoms with Gasteiger partial charge in [0.25, 0.3) is 6.71 Å². The van der Waals surface area contributed by atoms with Gasteiger partial charge in [-0.1, -0.05) is 164 Å². The lowest BCUT2D eigenvalue weighted by Gasteiger charge is -2.37. The lowest BCUT2D eigenvalue weighted by Crippen LogP contribution is -2.58. The van der Waals surface area contributed by atoms with Crippen LogP contribution in [0, 0.1) is 0 Å². The molecule has 0 fully saturated rings. The Labute approximate surface area is 377 Å². The van der Waals surface area contributed by atoms with Gasteiger partial charge in [0.15, 0.2) is 0 Å². The Bertz CT molecular complexity index is 3340. The number of hydrogen-bond donors (Lipinski definition) is 0. The molecule has 11 aromatic rings. The maximum Gasteiger partial charge on any atom is 0.262 e. The molecule has 0 saturated heterocycles. The van der Waals surface area contributed by atoms with Crippen molar-refractivity contribution >= 4 is 89.5 Å². The van der Waals surface area contributed by atoms with Crippen LogP contribution < -0.4 is 35.7 Å². The van der Waals surface area contributed by atoms with Crippen molar-refractivity contribution in [3.63, 3.8) is 0 Å². The number of ether oxygens (including phenoxy) is 2. The lowest BCUT2D eigenvalue weighted by atomic mass is 9.33. The predicted molar refractivity (Wildman–Crippen MR) is 271 cm³/mol. The molecular weight excluding hydrogens is 791 g/mol. The molecule has 0 aromatic heterocycles. The molecule has 0 atom stereocenters. The van der Waals surface area contributed by atoms with Crippen molar-refractivity contribution in [1.82, 2.24) is 0 Å². The fraction of sp³-hybridized carbons (Fsp3) is 0. The molecule has 0 aliphatic carbocycles. The molecule has 0 unspecified atom stereocenters. The number of nitrogens with zero attached hydrogens (tertiary/aromatic N) is 2. The molecule has 0 saturated carbocycles. The van der Waals surface area contributed by atoms with Crippen LogP contribution in [-0.4, -0.2) is 6.71 Å². The fourth-order valence-electron chi connectivity index (χ4n) is 10.4. The van der Waals surface area contributed by atoms with Crippen molar-refractivity contribution in [2.24, 2.45) is 0 Å². The minimum atomic E-state index is -0.212. The van der Waals surface area contributed by atoms with E-state index in [1.165, 1.54) is 10.8 Å². The van der Waals surface area contributed by atoms with Crippen molar-refractivity contribution in [3.8, 4) is 34.1 Å². The van der Waals surface area contributed by atoms with E-state index in [2.05, 4.69) is 246 Å². The highest BCUT2D eigenvalue weighted by molar-refractivity contribution is 7.01. The summed E-state index contributed by atoms with van der Waals surface area (Å²) < 4.78 is 14.7. The molecule has 2 aliphatic rings. The van der Waals surface area contributed by atoms with Gasteiger partial charge in [-0.05, 0) is 104 Å². The highest BCUT2D eigenvalue weighted by Crippen LogP contribution is 2.48. The average Bonchev–Trinajstić information content (AvgIpc) is 3.37. The Morgan fingerprint density at radius 3 is 1.09 bits per heavy atom. The highest BCUT2D eigenvalue weighted by Gasteiger charge is 2.44. The van der Waals surface area contributed by atoms with E-state index >= 15 is 0 Å². The van der Waals surface area contributed by atoms with E-state index in [4.69, 9.17) is 9.47 Å². The third kappa shape index (κ3) is 6.01. The van der Waals surface area contributed by atoms with Gasteiger partial charge in [-0.2, -0.15) is 0 Å². The molecule has 65 heavy (non-hydrogen) atoms. The van der Waals surface area contributed by atoms with Crippen molar-refractivity contribution < 1.29 is 9.47 Å². The Hall–Kier alpha value is -8.54. The number of anilines is 6. The molecule has 0 N–H and O–H groups in total. The zero-order chi connectivity index (χ0) is 42.8. The Kier molecular flexibility index (Phi) is 8.60. The number of benzene rings is 11. The monoisotopic (exact) mass is 830 g/mol. The molecule has 0 radical (unpaired) electrons. The van der Waals surface area contributed by atoms with E-state index in [-0.39, 0.29) is 6.71 Å². The molecular formula is C60H39BN2O2. The van der Waals surface area contributed by atoms with Gasteiger partial charge in [0, 0.05) is 51.1 Å². The quantitative estimate of drug-likeness (QED) is 0.149. The first-order chi connectivity index (χ1) is 32.3. The summed E-state index contributed by atoms with van der Waals surface area (Å²) in [5, 5.41) is 6.89. The third-order valence-corrected chi connectivity index (χ3v) is 13.1. The van der Waals surface area contributed by atoms with E-state index in [9.17, 15) is 0 Å². The van der Waals surface area contributed by atoms with Crippen molar-refractivity contribution in [3.05, 3.63) is 237 Å². The minimum Gasteiger partial charge on any atom is -0.458 e. The second-order valence-electron chi connectivity index (χ2n) is 16.8. The van der Waals surface area contributed by atoms with Gasteiger partial charge in [0.05, 0.1) is 11.4 Å². The molecule has 2 aliphatic heterocycles. The largest absolute Gasteiger partial charge is 0.458 e. The van der Waals surface area contributed by atoms with Crippen LogP contribution in [0.4, 0.5) is 34.1 Å². The molecule has 304 valence electrons. The molecule has 0 bridgehead atoms. The van der Waals surface area contributed by atoms with E-state index < -0.39 is 0 Å². The summed E-state index contributed by atoms with van der Waals surface area (Å²) in [4.78, 5) is 4.70. The van der Waals surface area contributed by atoms with E-state index in [1.54, 1.807) is 0 Å². The van der Waals surface area contributed by atoms with Crippen LogP contribution in [0.25, 0.3) is 43.4 Å². The van der Waals surface area contributed by atoms with Crippen molar-refractivity contribution in [1.29, 1.82) is 0 Å². The summed E-state index contributed by atoms with van der Waals surface area (Å²) in [6, 6.07) is 84.2. The molecule has 4 nitrogen and oxygen atoms in total. The average molecular weight is 831 g/mol. The lowest BCUT2D eigenvalue weighted by molar-refractivity contribution is 0.466. The third-order valence-electron chi connectivity index (χ3n) is 13.1. The van der Waals surface area contributed by atoms with Crippen LogP contribution in [0.3, 0.4) is 0 Å². The Morgan fingerprint density at radius 1 is 0.292 bits per heavy atom. The molecule has 5 heteroatoms. The van der Waals surface area contributed by atoms with E-state index in [0.29, 0.717) is 0 Å². The van der Waals surface area contributed by atoms with Crippen LogP contribution in [-0.2, 0) is 0 Å². The smallest absolute Gasteiger partial charge is 0.262 e. The topological polar surface area (TPSA) is 24.9 Å². The fourth-order valence-corrected chi connectivity index (χ4v) is 10.4. The summed E-state index contributed by atoms with van der Waals surface area (Å²) in [6.07, 6.45) is 0. The highest BCUT2D eigenvalue weighted by atomic mass is 16.5. The van der Waals surface area contributed by atoms with Crippen LogP contribution in [0.5, 0.6) is 23.0 Å². The summed E-state index contributed by atoms with van der Waals surface area (Å²) in [5.74, 6) is 3.24. The van der Waals surface area contributed by atoms with E-state index in [0.717, 1.165) is 106 Å². The van der Waals surface area contributed by atoms with Gasteiger partial charge in [-0.3, -0.25) is 0 Å². The maximum atomic E-state index is 7.36. The predicted octanol–water partition coefficient (Wildman–Crippen LogP) is 14.5. The summed E-state index contributed by atoms with van der Waals surface area (Å²) >= 11 is 0. The Balaban J connectivity index is 1.12. The summed E-state index contributed by atoms with van der Waals surface area (Å²) in [6.45, 7) is -0.212. The van der Waals surface area contributed by atoms with Gasteiger partial charge in [-0.15, -0.1) is 0 Å². The zero-order valence-electron chi connectivity index (χ0n) is 35.3. The zero-order valence-corrected chi connectivity index (χ0v) is 35.3. The van der Waals surface area contributed by atoms with Crippen LogP contribution in [0.15, 0.2) is 237 Å². The van der Waals surface area contributed by atoms with Gasteiger partial charge < -0.3 is 19.3 Å². The summed E-state index contributed by atoms with van der Waals surface area (Å²) in [7, 11) is 0. The van der Waals surface area contributed by atoms with Crippen LogP contribution in [0.1, 0.15) is 0 Å². The van der Waals surface area contributed by atoms with Gasteiger partial charge in [0.1, 0.15) is 23.0 Å². The van der Waals surface area contributed by atoms with Crippen molar-refractivity contribution in [2.75, 3.05) is 9.80 Å². The van der Waals surface area contributed by atoms with Gasteiger partial charge >= 0.3 is 0 Å². The molecule has 11 aromatic carbocycles. The molecule has 13 rings (SSSR count). The first kappa shape index (κ1) is 37.1.